The lowest BCUT2D eigenvalue weighted by Crippen LogP contribution is -2.08. The first kappa shape index (κ1) is 14.3. The first-order chi connectivity index (χ1) is 9.26. The summed E-state index contributed by atoms with van der Waals surface area (Å²) in [4.78, 5) is 0. The van der Waals surface area contributed by atoms with E-state index in [2.05, 4.69) is 10.8 Å². The number of aromatic nitrogens is 1. The van der Waals surface area contributed by atoms with Crippen LogP contribution in [-0.2, 0) is 22.6 Å². The molecule has 2 rings (SSSR count). The van der Waals surface area contributed by atoms with Crippen molar-refractivity contribution in [1.29, 1.82) is 0 Å². The number of hydrogen-bond acceptors (Lipinski definition) is 3. The third-order valence-electron chi connectivity index (χ3n) is 3.06. The lowest BCUT2D eigenvalue weighted by Gasteiger charge is -2.06. The van der Waals surface area contributed by atoms with Gasteiger partial charge in [0, 0.05) is 42.3 Å². The number of methoxy groups -OCH3 is 1. The number of nitrogens with two attached hydrogens (primary N) is 1. The van der Waals surface area contributed by atoms with Crippen LogP contribution in [0.15, 0.2) is 24.4 Å². The van der Waals surface area contributed by atoms with E-state index in [1.165, 1.54) is 0 Å². The summed E-state index contributed by atoms with van der Waals surface area (Å²) < 4.78 is 12.6. The summed E-state index contributed by atoms with van der Waals surface area (Å²) in [6.45, 7) is 3.17. The summed E-state index contributed by atoms with van der Waals surface area (Å²) in [5.74, 6) is 0. The van der Waals surface area contributed by atoms with Gasteiger partial charge in [-0.05, 0) is 17.7 Å². The minimum atomic E-state index is 0.523. The first-order valence-corrected chi connectivity index (χ1v) is 6.68. The van der Waals surface area contributed by atoms with E-state index < -0.39 is 0 Å². The minimum absolute atomic E-state index is 0.523. The van der Waals surface area contributed by atoms with E-state index in [9.17, 15) is 0 Å². The Morgan fingerprint density at radius 1 is 1.26 bits per heavy atom. The number of halogens is 1. The Balaban J connectivity index is 2.11. The van der Waals surface area contributed by atoms with Gasteiger partial charge < -0.3 is 19.8 Å². The summed E-state index contributed by atoms with van der Waals surface area (Å²) in [6.07, 6.45) is 2.07. The highest BCUT2D eigenvalue weighted by atomic mass is 35.5. The van der Waals surface area contributed by atoms with Crippen LogP contribution in [-0.4, -0.2) is 31.5 Å². The van der Waals surface area contributed by atoms with Crippen molar-refractivity contribution in [1.82, 2.24) is 4.57 Å². The van der Waals surface area contributed by atoms with Crippen molar-refractivity contribution in [2.24, 2.45) is 5.73 Å². The molecule has 0 spiro atoms. The molecular weight excluding hydrogens is 264 g/mol. The largest absolute Gasteiger partial charge is 0.382 e. The van der Waals surface area contributed by atoms with E-state index in [1.54, 1.807) is 7.11 Å². The average Bonchev–Trinajstić information content (AvgIpc) is 2.76. The second kappa shape index (κ2) is 6.91. The molecule has 0 bridgehead atoms. The van der Waals surface area contributed by atoms with E-state index in [-0.39, 0.29) is 0 Å². The van der Waals surface area contributed by atoms with Crippen LogP contribution in [0.1, 0.15) is 5.56 Å². The zero-order valence-corrected chi connectivity index (χ0v) is 11.8. The molecule has 0 aliphatic carbocycles. The lowest BCUT2D eigenvalue weighted by atomic mass is 10.2. The average molecular weight is 283 g/mol. The molecule has 0 fully saturated rings. The molecule has 1 aromatic carbocycles. The molecule has 104 valence electrons. The van der Waals surface area contributed by atoms with Crippen molar-refractivity contribution < 1.29 is 9.47 Å². The molecule has 19 heavy (non-hydrogen) atoms. The van der Waals surface area contributed by atoms with E-state index in [0.29, 0.717) is 26.4 Å². The zero-order chi connectivity index (χ0) is 13.7. The number of ether oxygens (including phenoxy) is 2. The lowest BCUT2D eigenvalue weighted by molar-refractivity contribution is 0.0670. The van der Waals surface area contributed by atoms with Gasteiger partial charge in [-0.2, -0.15) is 0 Å². The fourth-order valence-electron chi connectivity index (χ4n) is 2.10. The molecule has 0 aliphatic heterocycles. The summed E-state index contributed by atoms with van der Waals surface area (Å²) in [5, 5.41) is 1.89. The van der Waals surface area contributed by atoms with Crippen LogP contribution in [0.25, 0.3) is 10.9 Å². The fourth-order valence-corrected chi connectivity index (χ4v) is 2.26. The Labute approximate surface area is 118 Å². The van der Waals surface area contributed by atoms with Gasteiger partial charge in [-0.15, -0.1) is 0 Å². The molecular formula is C14H19ClN2O2. The Hall–Kier alpha value is -1.07. The zero-order valence-electron chi connectivity index (χ0n) is 11.1. The number of benzene rings is 1. The van der Waals surface area contributed by atoms with E-state index >= 15 is 0 Å². The molecule has 5 heteroatoms. The Kier molecular flexibility index (Phi) is 5.22. The molecule has 0 aliphatic rings. The predicted octanol–water partition coefficient (Wildman–Crippen LogP) is 2.42. The molecule has 4 nitrogen and oxygen atoms in total. The van der Waals surface area contributed by atoms with Crippen LogP contribution < -0.4 is 5.73 Å². The highest BCUT2D eigenvalue weighted by Gasteiger charge is 2.07. The summed E-state index contributed by atoms with van der Waals surface area (Å²) >= 11 is 6.05. The number of hydrogen-bond donors (Lipinski definition) is 1. The third-order valence-corrected chi connectivity index (χ3v) is 3.29. The molecule has 0 unspecified atom stereocenters. The van der Waals surface area contributed by atoms with Crippen molar-refractivity contribution in [3.63, 3.8) is 0 Å². The highest BCUT2D eigenvalue weighted by molar-refractivity contribution is 6.31. The smallest absolute Gasteiger partial charge is 0.0701 e. The molecule has 2 N–H and O–H groups in total. The van der Waals surface area contributed by atoms with Gasteiger partial charge in [-0.3, -0.25) is 0 Å². The number of rotatable bonds is 7. The van der Waals surface area contributed by atoms with Gasteiger partial charge >= 0.3 is 0 Å². The Morgan fingerprint density at radius 2 is 2.11 bits per heavy atom. The van der Waals surface area contributed by atoms with Crippen LogP contribution in [0.4, 0.5) is 0 Å². The van der Waals surface area contributed by atoms with Crippen molar-refractivity contribution in [3.05, 3.63) is 35.0 Å². The number of fused-ring (bicyclic) bond motifs is 1. The molecule has 0 saturated heterocycles. The van der Waals surface area contributed by atoms with E-state index in [0.717, 1.165) is 28.0 Å². The summed E-state index contributed by atoms with van der Waals surface area (Å²) in [6, 6.07) is 5.87. The highest BCUT2D eigenvalue weighted by Crippen LogP contribution is 2.24. The maximum Gasteiger partial charge on any atom is 0.0701 e. The first-order valence-electron chi connectivity index (χ1n) is 6.30. The second-order valence-electron chi connectivity index (χ2n) is 4.32. The van der Waals surface area contributed by atoms with Crippen LogP contribution in [0.3, 0.4) is 0 Å². The molecule has 0 atom stereocenters. The Bertz CT molecular complexity index is 539. The second-order valence-corrected chi connectivity index (χ2v) is 4.75. The van der Waals surface area contributed by atoms with Crippen molar-refractivity contribution >= 4 is 22.5 Å². The maximum absolute atomic E-state index is 6.05. The van der Waals surface area contributed by atoms with Crippen LogP contribution >= 0.6 is 11.6 Å². The fraction of sp³-hybridized carbons (Fsp3) is 0.429. The van der Waals surface area contributed by atoms with E-state index in [1.807, 2.05) is 18.2 Å². The van der Waals surface area contributed by atoms with E-state index in [4.69, 9.17) is 26.8 Å². The van der Waals surface area contributed by atoms with Crippen LogP contribution in [0.5, 0.6) is 0 Å². The topological polar surface area (TPSA) is 49.4 Å². The quantitative estimate of drug-likeness (QED) is 0.794. The molecule has 1 aromatic heterocycles. The summed E-state index contributed by atoms with van der Waals surface area (Å²) in [7, 11) is 1.67. The van der Waals surface area contributed by atoms with Gasteiger partial charge in [0.2, 0.25) is 0 Å². The van der Waals surface area contributed by atoms with Crippen LogP contribution in [0, 0.1) is 0 Å². The van der Waals surface area contributed by atoms with Gasteiger partial charge in [0.15, 0.2) is 0 Å². The monoisotopic (exact) mass is 282 g/mol. The Morgan fingerprint density at radius 3 is 2.84 bits per heavy atom. The molecule has 0 saturated carbocycles. The molecule has 0 radical (unpaired) electrons. The van der Waals surface area contributed by atoms with Gasteiger partial charge in [-0.1, -0.05) is 17.7 Å². The van der Waals surface area contributed by atoms with Crippen LogP contribution in [0.2, 0.25) is 5.02 Å². The predicted molar refractivity (Wildman–Crippen MR) is 77.5 cm³/mol. The maximum atomic E-state index is 6.05. The summed E-state index contributed by atoms with van der Waals surface area (Å²) in [5.41, 5.74) is 8.00. The molecule has 0 amide bonds. The van der Waals surface area contributed by atoms with Gasteiger partial charge in [0.25, 0.3) is 0 Å². The number of nitrogens with zero attached hydrogens (tertiary/aromatic N) is 1. The van der Waals surface area contributed by atoms with Crippen molar-refractivity contribution in [2.75, 3.05) is 26.9 Å². The SMILES string of the molecule is COCCOCCn1cc(CN)c2ccc(Cl)cc21. The third kappa shape index (κ3) is 3.48. The standard InChI is InChI=1S/C14H19ClN2O2/c1-18-6-7-19-5-4-17-10-11(9-16)13-3-2-12(15)8-14(13)17/h2-3,8,10H,4-7,9,16H2,1H3. The van der Waals surface area contributed by atoms with Gasteiger partial charge in [-0.25, -0.2) is 0 Å². The van der Waals surface area contributed by atoms with Gasteiger partial charge in [0.1, 0.15) is 0 Å². The minimum Gasteiger partial charge on any atom is -0.382 e. The van der Waals surface area contributed by atoms with Gasteiger partial charge in [0.05, 0.1) is 19.8 Å². The van der Waals surface area contributed by atoms with Crippen molar-refractivity contribution in [3.8, 4) is 0 Å². The molecule has 1 heterocycles. The normalized spacial score (nSPS) is 11.3. The molecule has 2 aromatic rings. The van der Waals surface area contributed by atoms with Crippen molar-refractivity contribution in [2.45, 2.75) is 13.1 Å².